The molecule has 1 aromatic carbocycles. The highest BCUT2D eigenvalue weighted by atomic mass is 16.7. The minimum absolute atomic E-state index is 0.00523. The fraction of sp³-hybridized carbons (Fsp3) is 0.273. The predicted molar refractivity (Wildman–Crippen MR) is 64.8 cm³/mol. The number of benzene rings is 1. The molecule has 1 rings (SSSR count). The largest absolute Gasteiger partial charge is 0.380 e. The van der Waals surface area contributed by atoms with E-state index in [4.69, 9.17) is 5.73 Å². The van der Waals surface area contributed by atoms with Crippen molar-refractivity contribution in [2.75, 3.05) is 0 Å². The van der Waals surface area contributed by atoms with E-state index in [0.29, 0.717) is 12.0 Å². The second kappa shape index (κ2) is 6.33. The number of carbonyl (C=O) groups excluding carboxylic acids is 1. The molecule has 0 saturated carbocycles. The topological polar surface area (TPSA) is 108 Å². The molecular weight excluding hydrogens is 238 g/mol. The maximum Gasteiger partial charge on any atom is 0.335 e. The van der Waals surface area contributed by atoms with Crippen molar-refractivity contribution in [1.29, 1.82) is 0 Å². The third kappa shape index (κ3) is 3.85. The van der Waals surface area contributed by atoms with E-state index in [0.717, 1.165) is 0 Å². The van der Waals surface area contributed by atoms with Crippen LogP contribution in [-0.2, 0) is 9.63 Å². The van der Waals surface area contributed by atoms with Crippen LogP contribution in [0.1, 0.15) is 25.3 Å². The third-order valence-corrected chi connectivity index (χ3v) is 2.07. The Labute approximate surface area is 103 Å². The molecule has 0 unspecified atom stereocenters. The molecule has 0 saturated heterocycles. The van der Waals surface area contributed by atoms with Gasteiger partial charge in [-0.2, -0.15) is 0 Å². The summed E-state index contributed by atoms with van der Waals surface area (Å²) in [4.78, 5) is 25.5. The zero-order valence-electron chi connectivity index (χ0n) is 9.83. The Bertz CT molecular complexity index is 468. The molecule has 0 heterocycles. The first-order valence-electron chi connectivity index (χ1n) is 5.32. The summed E-state index contributed by atoms with van der Waals surface area (Å²) in [5.74, 6) is -0.475. The summed E-state index contributed by atoms with van der Waals surface area (Å²) in [5, 5.41) is 13.9. The monoisotopic (exact) mass is 251 g/mol. The molecule has 7 heteroatoms. The van der Waals surface area contributed by atoms with Crippen molar-refractivity contribution in [2.45, 2.75) is 19.8 Å². The normalized spacial score (nSPS) is 11.1. The molecule has 0 aliphatic carbocycles. The van der Waals surface area contributed by atoms with Gasteiger partial charge in [-0.25, -0.2) is 4.79 Å². The Morgan fingerprint density at radius 1 is 1.44 bits per heavy atom. The molecule has 0 radical (unpaired) electrons. The highest BCUT2D eigenvalue weighted by molar-refractivity contribution is 5.97. The highest BCUT2D eigenvalue weighted by Gasteiger charge is 2.07. The van der Waals surface area contributed by atoms with Crippen molar-refractivity contribution in [3.05, 3.63) is 39.9 Å². The number of nitro benzene ring substituents is 1. The molecule has 0 aromatic heterocycles. The molecule has 1 aromatic rings. The Balaban J connectivity index is 2.71. The first-order valence-corrected chi connectivity index (χ1v) is 5.32. The summed E-state index contributed by atoms with van der Waals surface area (Å²) in [5.41, 5.74) is 5.97. The Morgan fingerprint density at radius 2 is 2.06 bits per heavy atom. The SMILES string of the molecule is CCCC(=O)O/N=C(\N)c1ccc([N+](=O)[O-])cc1. The molecule has 0 atom stereocenters. The van der Waals surface area contributed by atoms with Gasteiger partial charge in [-0.3, -0.25) is 10.1 Å². The maximum absolute atomic E-state index is 11.0. The minimum atomic E-state index is -0.515. The number of nitrogens with zero attached hydrogens (tertiary/aromatic N) is 2. The zero-order chi connectivity index (χ0) is 13.5. The van der Waals surface area contributed by atoms with E-state index in [1.807, 2.05) is 6.92 Å². The molecule has 0 aliphatic rings. The summed E-state index contributed by atoms with van der Waals surface area (Å²) in [6, 6.07) is 5.46. The Hall–Kier alpha value is -2.44. The van der Waals surface area contributed by atoms with Crippen LogP contribution in [0.2, 0.25) is 0 Å². The second-order valence-corrected chi connectivity index (χ2v) is 3.49. The Morgan fingerprint density at radius 3 is 2.56 bits per heavy atom. The number of hydrogen-bond donors (Lipinski definition) is 1. The van der Waals surface area contributed by atoms with Crippen LogP contribution in [0.15, 0.2) is 29.4 Å². The lowest BCUT2D eigenvalue weighted by molar-refractivity contribution is -0.384. The van der Waals surface area contributed by atoms with E-state index < -0.39 is 10.9 Å². The number of nitro groups is 1. The lowest BCUT2D eigenvalue weighted by Gasteiger charge is -2.00. The summed E-state index contributed by atoms with van der Waals surface area (Å²) in [7, 11) is 0. The summed E-state index contributed by atoms with van der Waals surface area (Å²) < 4.78 is 0. The quantitative estimate of drug-likeness (QED) is 0.281. The number of nitrogens with two attached hydrogens (primary N) is 1. The van der Waals surface area contributed by atoms with E-state index in [1.54, 1.807) is 0 Å². The fourth-order valence-corrected chi connectivity index (χ4v) is 1.16. The molecule has 0 fully saturated rings. The fourth-order valence-electron chi connectivity index (χ4n) is 1.16. The first kappa shape index (κ1) is 13.6. The van der Waals surface area contributed by atoms with Crippen LogP contribution in [0.5, 0.6) is 0 Å². The number of rotatable bonds is 5. The maximum atomic E-state index is 11.0. The van der Waals surface area contributed by atoms with Crippen molar-refractivity contribution in [3.63, 3.8) is 0 Å². The standard InChI is InChI=1S/C11H13N3O4/c1-2-3-10(15)18-13-11(12)8-4-6-9(7-5-8)14(16)17/h4-7H,2-3H2,1H3,(H2,12,13). The van der Waals surface area contributed by atoms with Gasteiger partial charge in [0.25, 0.3) is 5.69 Å². The molecule has 0 spiro atoms. The lowest BCUT2D eigenvalue weighted by Crippen LogP contribution is -2.15. The van der Waals surface area contributed by atoms with Gasteiger partial charge in [-0.05, 0) is 18.6 Å². The van der Waals surface area contributed by atoms with Crippen molar-refractivity contribution < 1.29 is 14.6 Å². The first-order chi connectivity index (χ1) is 8.54. The van der Waals surface area contributed by atoms with E-state index in [-0.39, 0.29) is 17.9 Å². The van der Waals surface area contributed by atoms with Crippen LogP contribution in [0, 0.1) is 10.1 Å². The van der Waals surface area contributed by atoms with E-state index in [2.05, 4.69) is 9.99 Å². The van der Waals surface area contributed by atoms with Gasteiger partial charge in [0.05, 0.1) is 4.92 Å². The summed E-state index contributed by atoms with van der Waals surface area (Å²) in [6.07, 6.45) is 0.919. The zero-order valence-corrected chi connectivity index (χ0v) is 9.83. The van der Waals surface area contributed by atoms with Gasteiger partial charge < -0.3 is 10.6 Å². The van der Waals surface area contributed by atoms with Gasteiger partial charge >= 0.3 is 5.97 Å². The van der Waals surface area contributed by atoms with Crippen LogP contribution in [-0.4, -0.2) is 16.7 Å². The van der Waals surface area contributed by atoms with Crippen LogP contribution >= 0.6 is 0 Å². The Kier molecular flexibility index (Phi) is 4.79. The van der Waals surface area contributed by atoms with Gasteiger partial charge in [0.1, 0.15) is 0 Å². The van der Waals surface area contributed by atoms with Gasteiger partial charge in [0.15, 0.2) is 5.84 Å². The van der Waals surface area contributed by atoms with Gasteiger partial charge in [-0.1, -0.05) is 12.1 Å². The molecule has 0 amide bonds. The van der Waals surface area contributed by atoms with Crippen molar-refractivity contribution in [3.8, 4) is 0 Å². The minimum Gasteiger partial charge on any atom is -0.380 e. The van der Waals surface area contributed by atoms with Gasteiger partial charge in [-0.15, -0.1) is 0 Å². The number of hydrogen-bond acceptors (Lipinski definition) is 5. The van der Waals surface area contributed by atoms with Crippen molar-refractivity contribution >= 4 is 17.5 Å². The summed E-state index contributed by atoms with van der Waals surface area (Å²) in [6.45, 7) is 1.84. The van der Waals surface area contributed by atoms with Gasteiger partial charge in [0.2, 0.25) is 0 Å². The average Bonchev–Trinajstić information content (AvgIpc) is 2.36. The number of non-ortho nitro benzene ring substituents is 1. The third-order valence-electron chi connectivity index (χ3n) is 2.07. The lowest BCUT2D eigenvalue weighted by atomic mass is 10.2. The molecule has 18 heavy (non-hydrogen) atoms. The number of amidine groups is 1. The van der Waals surface area contributed by atoms with E-state index in [1.165, 1.54) is 24.3 Å². The van der Waals surface area contributed by atoms with E-state index in [9.17, 15) is 14.9 Å². The van der Waals surface area contributed by atoms with Crippen LogP contribution < -0.4 is 5.73 Å². The van der Waals surface area contributed by atoms with Crippen molar-refractivity contribution in [2.24, 2.45) is 10.9 Å². The molecular formula is C11H13N3O4. The summed E-state index contributed by atoms with van der Waals surface area (Å²) >= 11 is 0. The second-order valence-electron chi connectivity index (χ2n) is 3.49. The smallest absolute Gasteiger partial charge is 0.335 e. The van der Waals surface area contributed by atoms with E-state index >= 15 is 0 Å². The molecule has 2 N–H and O–H groups in total. The number of carbonyl (C=O) groups is 1. The van der Waals surface area contributed by atoms with Gasteiger partial charge in [0, 0.05) is 24.1 Å². The molecule has 0 bridgehead atoms. The highest BCUT2D eigenvalue weighted by Crippen LogP contribution is 2.11. The molecule has 7 nitrogen and oxygen atoms in total. The average molecular weight is 251 g/mol. The molecule has 96 valence electrons. The molecule has 0 aliphatic heterocycles. The van der Waals surface area contributed by atoms with Crippen LogP contribution in [0.4, 0.5) is 5.69 Å². The van der Waals surface area contributed by atoms with Crippen LogP contribution in [0.25, 0.3) is 0 Å². The number of oxime groups is 1. The predicted octanol–water partition coefficient (Wildman–Crippen LogP) is 1.56. The van der Waals surface area contributed by atoms with Crippen LogP contribution in [0.3, 0.4) is 0 Å². The van der Waals surface area contributed by atoms with Crippen molar-refractivity contribution in [1.82, 2.24) is 0 Å².